The first-order valence-corrected chi connectivity index (χ1v) is 16.1. The van der Waals surface area contributed by atoms with Crippen molar-refractivity contribution in [3.63, 3.8) is 0 Å². The highest BCUT2D eigenvalue weighted by Crippen LogP contribution is 2.34. The van der Waals surface area contributed by atoms with Crippen LogP contribution in [-0.4, -0.2) is 14.8 Å². The summed E-state index contributed by atoms with van der Waals surface area (Å²) in [5.74, 6) is 3.58. The molecule has 0 saturated carbocycles. The van der Waals surface area contributed by atoms with Gasteiger partial charge in [0.15, 0.2) is 8.07 Å². The Labute approximate surface area is 242 Å². The van der Waals surface area contributed by atoms with Crippen molar-refractivity contribution in [1.29, 1.82) is 0 Å². The lowest BCUT2D eigenvalue weighted by atomic mass is 9.35. The molecule has 2 nitrogen and oxygen atoms in total. The molecule has 0 unspecified atom stereocenters. The van der Waals surface area contributed by atoms with Crippen LogP contribution < -0.4 is 46.6 Å². The monoisotopic (exact) mass is 542 g/mol. The van der Waals surface area contributed by atoms with Gasteiger partial charge in [-0.2, -0.15) is 0 Å². The van der Waals surface area contributed by atoms with Gasteiger partial charge in [-0.05, 0) is 62.9 Å². The number of aryl methyl sites for hydroxylation is 1. The summed E-state index contributed by atoms with van der Waals surface area (Å²) >= 11 is 0. The Bertz CT molecular complexity index is 1790. The van der Waals surface area contributed by atoms with E-state index in [0.717, 1.165) is 28.5 Å². The van der Waals surface area contributed by atoms with E-state index in [1.807, 2.05) is 0 Å². The summed E-state index contributed by atoms with van der Waals surface area (Å²) in [4.78, 5) is 0. The van der Waals surface area contributed by atoms with Gasteiger partial charge in [0.25, 0.3) is 6.71 Å². The number of fused-ring (bicyclic) bond motifs is 4. The van der Waals surface area contributed by atoms with Crippen molar-refractivity contribution in [1.82, 2.24) is 0 Å². The molecule has 0 bridgehead atoms. The molecule has 0 aromatic heterocycles. The van der Waals surface area contributed by atoms with Crippen LogP contribution >= 0.6 is 0 Å². The molecule has 0 fully saturated rings. The van der Waals surface area contributed by atoms with Gasteiger partial charge in [0, 0.05) is 5.46 Å². The number of hydrogen-bond donors (Lipinski definition) is 0. The van der Waals surface area contributed by atoms with Crippen molar-refractivity contribution in [3.05, 3.63) is 151 Å². The Morgan fingerprint density at radius 3 is 1.39 bits per heavy atom. The molecule has 2 aliphatic heterocycles. The second-order valence-electron chi connectivity index (χ2n) is 10.9. The Hall–Kier alpha value is -4.80. The highest BCUT2D eigenvalue weighted by molar-refractivity contribution is 7.20. The van der Waals surface area contributed by atoms with Gasteiger partial charge in [-0.1, -0.05) is 127 Å². The molecule has 0 aliphatic carbocycles. The molecule has 0 N–H and O–H groups in total. The molecule has 0 radical (unpaired) electrons. The fourth-order valence-electron chi connectivity index (χ4n) is 6.79. The SMILES string of the molecule is Cc1ccc([Si](c2ccccc2)(c2ccccc2)c2cc3c4c(c2)Oc2ccccc2B4c2ccccc2O3)cc1. The molecule has 0 atom stereocenters. The maximum absolute atomic E-state index is 6.74. The zero-order chi connectivity index (χ0) is 27.4. The summed E-state index contributed by atoms with van der Waals surface area (Å²) in [7, 11) is -2.77. The van der Waals surface area contributed by atoms with E-state index in [4.69, 9.17) is 9.47 Å². The minimum Gasteiger partial charge on any atom is -0.458 e. The van der Waals surface area contributed by atoms with E-state index in [1.165, 1.54) is 37.2 Å². The molecule has 0 amide bonds. The zero-order valence-electron chi connectivity index (χ0n) is 22.8. The predicted molar refractivity (Wildman–Crippen MR) is 172 cm³/mol. The fraction of sp³-hybridized carbons (Fsp3) is 0.0270. The first-order valence-electron chi connectivity index (χ1n) is 14.1. The molecular weight excluding hydrogens is 515 g/mol. The van der Waals surface area contributed by atoms with E-state index < -0.39 is 8.07 Å². The van der Waals surface area contributed by atoms with Gasteiger partial charge < -0.3 is 9.47 Å². The number of ether oxygens (including phenoxy) is 2. The van der Waals surface area contributed by atoms with Crippen LogP contribution in [0.25, 0.3) is 0 Å². The van der Waals surface area contributed by atoms with Gasteiger partial charge in [-0.3, -0.25) is 0 Å². The largest absolute Gasteiger partial charge is 0.458 e. The van der Waals surface area contributed by atoms with Crippen LogP contribution in [0.2, 0.25) is 0 Å². The van der Waals surface area contributed by atoms with Crippen LogP contribution in [0, 0.1) is 6.92 Å². The first-order chi connectivity index (χ1) is 20.2. The maximum atomic E-state index is 6.74. The Kier molecular flexibility index (Phi) is 5.51. The zero-order valence-corrected chi connectivity index (χ0v) is 23.8. The van der Waals surface area contributed by atoms with E-state index in [2.05, 4.69) is 153 Å². The lowest BCUT2D eigenvalue weighted by Crippen LogP contribution is -2.75. The lowest BCUT2D eigenvalue weighted by molar-refractivity contribution is 0.465. The van der Waals surface area contributed by atoms with Gasteiger partial charge in [0.2, 0.25) is 0 Å². The Balaban J connectivity index is 1.47. The summed E-state index contributed by atoms with van der Waals surface area (Å²) in [5, 5.41) is 5.22. The van der Waals surface area contributed by atoms with Gasteiger partial charge in [0.05, 0.1) is 0 Å². The standard InChI is InChI=1S/C37H27BO2Si/c1-26-20-22-29(23-21-26)41(27-12-4-2-5-13-27,28-14-6-3-7-15-28)30-24-35-37-36(25-30)40-34-19-11-9-17-32(34)38(37)31-16-8-10-18-33(31)39-35/h2-25H,1H3. The smallest absolute Gasteiger partial charge is 0.260 e. The Morgan fingerprint density at radius 1 is 0.439 bits per heavy atom. The molecule has 41 heavy (non-hydrogen) atoms. The number of rotatable bonds is 4. The molecule has 4 heteroatoms. The summed E-state index contributed by atoms with van der Waals surface area (Å²) in [5.41, 5.74) is 4.72. The van der Waals surface area contributed by atoms with Crippen molar-refractivity contribution >= 4 is 51.9 Å². The number of benzene rings is 6. The van der Waals surface area contributed by atoms with Crippen LogP contribution in [0.1, 0.15) is 5.56 Å². The molecular formula is C37H27BO2Si. The molecule has 0 spiro atoms. The lowest BCUT2D eigenvalue weighted by Gasteiger charge is -2.38. The van der Waals surface area contributed by atoms with Crippen LogP contribution in [0.15, 0.2) is 146 Å². The average molecular weight is 543 g/mol. The quantitative estimate of drug-likeness (QED) is 0.246. The van der Waals surface area contributed by atoms with Crippen molar-refractivity contribution in [2.45, 2.75) is 6.92 Å². The molecule has 6 aromatic rings. The van der Waals surface area contributed by atoms with Gasteiger partial charge >= 0.3 is 0 Å². The second-order valence-corrected chi connectivity index (χ2v) is 14.8. The van der Waals surface area contributed by atoms with Crippen LogP contribution in [-0.2, 0) is 0 Å². The Morgan fingerprint density at radius 2 is 0.878 bits per heavy atom. The predicted octanol–water partition coefficient (Wildman–Crippen LogP) is 4.10. The van der Waals surface area contributed by atoms with E-state index in [9.17, 15) is 0 Å². The summed E-state index contributed by atoms with van der Waals surface area (Å²) in [6, 6.07) is 52.6. The van der Waals surface area contributed by atoms with Crippen LogP contribution in [0.5, 0.6) is 23.0 Å². The molecule has 6 aromatic carbocycles. The van der Waals surface area contributed by atoms with Gasteiger partial charge in [-0.15, -0.1) is 0 Å². The normalized spacial score (nSPS) is 12.9. The third-order valence-corrected chi connectivity index (χ3v) is 13.4. The van der Waals surface area contributed by atoms with E-state index in [-0.39, 0.29) is 6.71 Å². The van der Waals surface area contributed by atoms with E-state index in [0.29, 0.717) is 0 Å². The molecule has 0 saturated heterocycles. The van der Waals surface area contributed by atoms with Crippen LogP contribution in [0.4, 0.5) is 0 Å². The topological polar surface area (TPSA) is 18.5 Å². The van der Waals surface area contributed by atoms with Crippen molar-refractivity contribution in [2.24, 2.45) is 0 Å². The molecule has 2 heterocycles. The number of para-hydroxylation sites is 2. The van der Waals surface area contributed by atoms with Crippen LogP contribution in [0.3, 0.4) is 0 Å². The van der Waals surface area contributed by atoms with Gasteiger partial charge in [-0.25, -0.2) is 0 Å². The fourth-order valence-corrected chi connectivity index (χ4v) is 11.5. The third-order valence-electron chi connectivity index (χ3n) is 8.62. The third kappa shape index (κ3) is 3.64. The van der Waals surface area contributed by atoms with Crippen molar-refractivity contribution < 1.29 is 9.47 Å². The van der Waals surface area contributed by atoms with Crippen molar-refractivity contribution in [2.75, 3.05) is 0 Å². The van der Waals surface area contributed by atoms with E-state index in [1.54, 1.807) is 0 Å². The first kappa shape index (κ1) is 24.0. The average Bonchev–Trinajstić information content (AvgIpc) is 3.03. The van der Waals surface area contributed by atoms with E-state index >= 15 is 0 Å². The maximum Gasteiger partial charge on any atom is 0.260 e. The highest BCUT2D eigenvalue weighted by atomic mass is 28.3. The second kappa shape index (κ2) is 9.40. The van der Waals surface area contributed by atoms with Gasteiger partial charge in [0.1, 0.15) is 23.0 Å². The summed E-state index contributed by atoms with van der Waals surface area (Å²) < 4.78 is 13.5. The minimum atomic E-state index is -2.77. The summed E-state index contributed by atoms with van der Waals surface area (Å²) in [6.07, 6.45) is 0. The summed E-state index contributed by atoms with van der Waals surface area (Å²) in [6.45, 7) is 2.21. The highest BCUT2D eigenvalue weighted by Gasteiger charge is 2.45. The molecule has 2 aliphatic rings. The molecule has 8 rings (SSSR count). The number of hydrogen-bond acceptors (Lipinski definition) is 2. The van der Waals surface area contributed by atoms with Crippen molar-refractivity contribution in [3.8, 4) is 23.0 Å². The minimum absolute atomic E-state index is 0.0628. The molecule has 194 valence electrons.